The molecule has 1 aromatic carbocycles. The zero-order valence-corrected chi connectivity index (χ0v) is 17.2. The van der Waals surface area contributed by atoms with E-state index >= 15 is 0 Å². The third kappa shape index (κ3) is 7.08. The second kappa shape index (κ2) is 10.5. The van der Waals surface area contributed by atoms with Gasteiger partial charge in [-0.3, -0.25) is 0 Å². The standard InChI is InChI=1S/C7H7O.3C4H9.Sn/c1-6-3-2-4-7(8)5-6;3*1-3-4-2;/h2-5,8H,1H2;3*1,3-4H2,2H3;. The molecule has 21 heavy (non-hydrogen) atoms. The van der Waals surface area contributed by atoms with Crippen molar-refractivity contribution in [3.8, 4) is 5.75 Å². The summed E-state index contributed by atoms with van der Waals surface area (Å²) in [6.07, 6.45) is 8.25. The number of aromatic hydroxyl groups is 1. The fraction of sp³-hybridized carbons (Fsp3) is 0.684. The van der Waals surface area contributed by atoms with Gasteiger partial charge in [0.15, 0.2) is 0 Å². The normalized spacial score (nSPS) is 11.8. The topological polar surface area (TPSA) is 20.2 Å². The summed E-state index contributed by atoms with van der Waals surface area (Å²) in [7, 11) is 0. The molecule has 120 valence electrons. The fourth-order valence-corrected chi connectivity index (χ4v) is 19.6. The van der Waals surface area contributed by atoms with Crippen LogP contribution in [-0.4, -0.2) is 23.5 Å². The van der Waals surface area contributed by atoms with Crippen LogP contribution in [0.4, 0.5) is 0 Å². The molecule has 0 fully saturated rings. The van der Waals surface area contributed by atoms with E-state index in [1.807, 2.05) is 12.1 Å². The van der Waals surface area contributed by atoms with Gasteiger partial charge >= 0.3 is 136 Å². The van der Waals surface area contributed by atoms with Crippen molar-refractivity contribution in [1.29, 1.82) is 0 Å². The first-order valence-electron chi connectivity index (χ1n) is 8.93. The van der Waals surface area contributed by atoms with Crippen molar-refractivity contribution in [2.75, 3.05) is 0 Å². The maximum absolute atomic E-state index is 9.76. The van der Waals surface area contributed by atoms with Gasteiger partial charge < -0.3 is 0 Å². The summed E-state index contributed by atoms with van der Waals surface area (Å²) in [5.41, 5.74) is 1.40. The van der Waals surface area contributed by atoms with Crippen LogP contribution in [0.25, 0.3) is 0 Å². The van der Waals surface area contributed by atoms with Gasteiger partial charge in [-0.05, 0) is 0 Å². The van der Waals surface area contributed by atoms with Crippen LogP contribution in [0.2, 0.25) is 13.3 Å². The Morgan fingerprint density at radius 3 is 1.81 bits per heavy atom. The Morgan fingerprint density at radius 2 is 1.38 bits per heavy atom. The van der Waals surface area contributed by atoms with E-state index in [1.165, 1.54) is 48.5 Å². The van der Waals surface area contributed by atoms with E-state index in [9.17, 15) is 5.11 Å². The number of unbranched alkanes of at least 4 members (excludes halogenated alkanes) is 3. The molecule has 0 unspecified atom stereocenters. The van der Waals surface area contributed by atoms with Crippen molar-refractivity contribution in [1.82, 2.24) is 0 Å². The van der Waals surface area contributed by atoms with E-state index in [-0.39, 0.29) is 0 Å². The van der Waals surface area contributed by atoms with E-state index in [2.05, 4.69) is 26.8 Å². The Labute approximate surface area is 136 Å². The van der Waals surface area contributed by atoms with Crippen LogP contribution in [0.3, 0.4) is 0 Å². The Morgan fingerprint density at radius 1 is 0.857 bits per heavy atom. The van der Waals surface area contributed by atoms with Gasteiger partial charge in [0, 0.05) is 0 Å². The van der Waals surface area contributed by atoms with Gasteiger partial charge in [-0.2, -0.15) is 0 Å². The number of hydrogen-bond acceptors (Lipinski definition) is 1. The molecule has 1 aromatic rings. The first-order chi connectivity index (χ1) is 10.2. The molecule has 0 aliphatic carbocycles. The molecule has 0 heterocycles. The third-order valence-corrected chi connectivity index (χ3v) is 20.1. The summed E-state index contributed by atoms with van der Waals surface area (Å²) in [5.74, 6) is 0.439. The first kappa shape index (κ1) is 18.9. The van der Waals surface area contributed by atoms with Crippen molar-refractivity contribution in [3.63, 3.8) is 0 Å². The number of phenols is 1. The molecule has 0 spiro atoms. The van der Waals surface area contributed by atoms with Gasteiger partial charge in [-0.1, -0.05) is 0 Å². The average Bonchev–Trinajstić information content (AvgIpc) is 2.48. The summed E-state index contributed by atoms with van der Waals surface area (Å²) in [4.78, 5) is 0. The fourth-order valence-electron chi connectivity index (χ4n) is 3.39. The van der Waals surface area contributed by atoms with E-state index in [0.717, 1.165) is 0 Å². The molecule has 1 N–H and O–H groups in total. The van der Waals surface area contributed by atoms with Crippen molar-refractivity contribution in [2.45, 2.75) is 77.0 Å². The van der Waals surface area contributed by atoms with Crippen molar-refractivity contribution in [3.05, 3.63) is 29.8 Å². The van der Waals surface area contributed by atoms with Crippen LogP contribution < -0.4 is 0 Å². The summed E-state index contributed by atoms with van der Waals surface area (Å²) < 4.78 is 5.96. The van der Waals surface area contributed by atoms with Crippen LogP contribution in [-0.2, 0) is 4.44 Å². The SMILES string of the molecule is CCC[CH2][Sn]([CH2]CCC)([CH2]CCC)[CH2]c1cccc(O)c1. The maximum atomic E-state index is 9.76. The predicted molar refractivity (Wildman–Crippen MR) is 96.7 cm³/mol. The summed E-state index contributed by atoms with van der Waals surface area (Å²) in [5, 5.41) is 9.76. The number of hydrogen-bond donors (Lipinski definition) is 1. The zero-order chi connectivity index (χ0) is 15.6. The van der Waals surface area contributed by atoms with Crippen LogP contribution in [0, 0.1) is 0 Å². The van der Waals surface area contributed by atoms with Gasteiger partial charge in [0.05, 0.1) is 0 Å². The van der Waals surface area contributed by atoms with E-state index in [0.29, 0.717) is 5.75 Å². The minimum absolute atomic E-state index is 0.439. The summed E-state index contributed by atoms with van der Waals surface area (Å²) >= 11 is -2.09. The average molecular weight is 397 g/mol. The molecule has 1 rings (SSSR count). The molecule has 0 aliphatic heterocycles. The third-order valence-electron chi connectivity index (χ3n) is 4.67. The molecule has 0 aromatic heterocycles. The first-order valence-corrected chi connectivity index (χ1v) is 17.0. The van der Waals surface area contributed by atoms with Crippen LogP contribution >= 0.6 is 0 Å². The molecular weight excluding hydrogens is 363 g/mol. The zero-order valence-electron chi connectivity index (χ0n) is 14.3. The monoisotopic (exact) mass is 398 g/mol. The van der Waals surface area contributed by atoms with Gasteiger partial charge in [-0.15, -0.1) is 0 Å². The Hall–Kier alpha value is -0.181. The number of benzene rings is 1. The summed E-state index contributed by atoms with van der Waals surface area (Å²) in [6.45, 7) is 6.97. The van der Waals surface area contributed by atoms with E-state index < -0.39 is 18.4 Å². The summed E-state index contributed by atoms with van der Waals surface area (Å²) in [6, 6.07) is 8.05. The van der Waals surface area contributed by atoms with Gasteiger partial charge in [-0.25, -0.2) is 0 Å². The molecule has 0 amide bonds. The second-order valence-corrected chi connectivity index (χ2v) is 20.5. The molecule has 2 heteroatoms. The second-order valence-electron chi connectivity index (χ2n) is 6.66. The molecule has 1 nitrogen and oxygen atoms in total. The molecule has 0 saturated heterocycles. The molecular formula is C19H34OSn. The van der Waals surface area contributed by atoms with Crippen molar-refractivity contribution < 1.29 is 5.11 Å². The van der Waals surface area contributed by atoms with Crippen molar-refractivity contribution >= 4 is 18.4 Å². The molecule has 0 radical (unpaired) electrons. The Kier molecular flexibility index (Phi) is 9.46. The van der Waals surface area contributed by atoms with Crippen LogP contribution in [0.5, 0.6) is 5.75 Å². The Bertz CT molecular complexity index is 367. The van der Waals surface area contributed by atoms with Crippen LogP contribution in [0.1, 0.15) is 64.9 Å². The number of rotatable bonds is 11. The quantitative estimate of drug-likeness (QED) is 0.433. The van der Waals surface area contributed by atoms with Gasteiger partial charge in [0.25, 0.3) is 0 Å². The molecule has 0 atom stereocenters. The van der Waals surface area contributed by atoms with E-state index in [4.69, 9.17) is 0 Å². The predicted octanol–water partition coefficient (Wildman–Crippen LogP) is 6.32. The van der Waals surface area contributed by atoms with E-state index in [1.54, 1.807) is 19.4 Å². The molecule has 0 saturated carbocycles. The van der Waals surface area contributed by atoms with Gasteiger partial charge in [0.2, 0.25) is 0 Å². The Balaban J connectivity index is 2.88. The van der Waals surface area contributed by atoms with Crippen LogP contribution in [0.15, 0.2) is 24.3 Å². The number of phenolic OH excluding ortho intramolecular Hbond substituents is 1. The molecule has 0 bridgehead atoms. The van der Waals surface area contributed by atoms with Gasteiger partial charge in [0.1, 0.15) is 0 Å². The van der Waals surface area contributed by atoms with Crippen molar-refractivity contribution in [2.24, 2.45) is 0 Å². The molecule has 0 aliphatic rings. The minimum atomic E-state index is -2.09.